The average Bonchev–Trinajstić information content (AvgIpc) is 3.08. The van der Waals surface area contributed by atoms with Crippen LogP contribution in [0.3, 0.4) is 0 Å². The zero-order valence-corrected chi connectivity index (χ0v) is 15.5. The third kappa shape index (κ3) is 6.96. The average molecular weight is 358 g/mol. The Hall–Kier alpha value is -2.83. The number of alkyl carbamates (subject to hydrolysis) is 1. The summed E-state index contributed by atoms with van der Waals surface area (Å²) in [4.78, 5) is 23.5. The van der Waals surface area contributed by atoms with Crippen LogP contribution in [0.4, 0.5) is 4.79 Å². The molecule has 0 fully saturated rings. The maximum atomic E-state index is 12.0. The fourth-order valence-corrected chi connectivity index (χ4v) is 2.26. The predicted octanol–water partition coefficient (Wildman–Crippen LogP) is 2.45. The highest BCUT2D eigenvalue weighted by molar-refractivity contribution is 5.78. The summed E-state index contributed by atoms with van der Waals surface area (Å²) in [6.07, 6.45) is 4.11. The fourth-order valence-electron chi connectivity index (χ4n) is 2.26. The maximum absolute atomic E-state index is 12.0. The van der Waals surface area contributed by atoms with Crippen molar-refractivity contribution in [2.45, 2.75) is 39.2 Å². The van der Waals surface area contributed by atoms with Gasteiger partial charge < -0.3 is 15.4 Å². The van der Waals surface area contributed by atoms with Gasteiger partial charge in [0, 0.05) is 25.5 Å². The molecule has 1 heterocycles. The molecule has 0 aliphatic rings. The highest BCUT2D eigenvalue weighted by Crippen LogP contribution is 2.09. The number of nitrogens with zero attached hydrogens (tertiary/aromatic N) is 2. The molecule has 7 heteroatoms. The molecule has 1 aromatic heterocycles. The van der Waals surface area contributed by atoms with Gasteiger partial charge in [-0.15, -0.1) is 0 Å². The first-order valence-corrected chi connectivity index (χ1v) is 8.66. The molecule has 0 bridgehead atoms. The Kier molecular flexibility index (Phi) is 6.77. The predicted molar refractivity (Wildman–Crippen MR) is 99.1 cm³/mol. The maximum Gasteiger partial charge on any atom is 0.407 e. The molecule has 0 saturated heterocycles. The van der Waals surface area contributed by atoms with E-state index in [0.717, 1.165) is 11.3 Å². The second-order valence-corrected chi connectivity index (χ2v) is 6.93. The van der Waals surface area contributed by atoms with Gasteiger partial charge in [0.15, 0.2) is 0 Å². The van der Waals surface area contributed by atoms with Crippen molar-refractivity contribution in [3.05, 3.63) is 48.3 Å². The minimum atomic E-state index is -0.509. The normalized spacial score (nSPS) is 11.0. The molecule has 2 aromatic rings. The van der Waals surface area contributed by atoms with E-state index in [2.05, 4.69) is 15.7 Å². The molecule has 7 nitrogen and oxygen atoms in total. The number of aromatic nitrogens is 2. The highest BCUT2D eigenvalue weighted by Gasteiger charge is 2.15. The number of rotatable bonds is 7. The van der Waals surface area contributed by atoms with Gasteiger partial charge in [-0.3, -0.25) is 4.79 Å². The summed E-state index contributed by atoms with van der Waals surface area (Å²) in [6, 6.07) is 9.56. The molecule has 2 N–H and O–H groups in total. The van der Waals surface area contributed by atoms with Crippen molar-refractivity contribution in [1.29, 1.82) is 0 Å². The molecule has 26 heavy (non-hydrogen) atoms. The zero-order valence-electron chi connectivity index (χ0n) is 15.5. The molecular weight excluding hydrogens is 332 g/mol. The summed E-state index contributed by atoms with van der Waals surface area (Å²) >= 11 is 0. The Morgan fingerprint density at radius 2 is 1.81 bits per heavy atom. The molecule has 0 unspecified atom stereocenters. The van der Waals surface area contributed by atoms with Crippen molar-refractivity contribution in [1.82, 2.24) is 20.4 Å². The van der Waals surface area contributed by atoms with Crippen LogP contribution in [0.2, 0.25) is 0 Å². The molecule has 0 spiro atoms. The van der Waals surface area contributed by atoms with Gasteiger partial charge in [-0.25, -0.2) is 9.48 Å². The van der Waals surface area contributed by atoms with E-state index in [1.165, 1.54) is 0 Å². The van der Waals surface area contributed by atoms with Gasteiger partial charge in [0.05, 0.1) is 12.1 Å². The Bertz CT molecular complexity index is 703. The number of hydrogen-bond donors (Lipinski definition) is 2. The van der Waals surface area contributed by atoms with Gasteiger partial charge >= 0.3 is 6.09 Å². The molecule has 1 aromatic carbocycles. The molecule has 140 valence electrons. The number of benzene rings is 1. The van der Waals surface area contributed by atoms with Crippen molar-refractivity contribution in [2.24, 2.45) is 0 Å². The second kappa shape index (κ2) is 9.03. The van der Waals surface area contributed by atoms with Crippen LogP contribution in [0.1, 0.15) is 32.8 Å². The van der Waals surface area contributed by atoms with Crippen LogP contribution in [0.25, 0.3) is 5.69 Å². The number of nitrogens with one attached hydrogen (secondary N) is 2. The van der Waals surface area contributed by atoms with Crippen LogP contribution in [-0.4, -0.2) is 40.5 Å². The molecule has 0 saturated carbocycles. The lowest BCUT2D eigenvalue weighted by Crippen LogP contribution is -2.34. The molecule has 0 aliphatic heterocycles. The largest absolute Gasteiger partial charge is 0.444 e. The summed E-state index contributed by atoms with van der Waals surface area (Å²) in [5, 5.41) is 9.67. The Balaban J connectivity index is 1.64. The Morgan fingerprint density at radius 3 is 2.42 bits per heavy atom. The quantitative estimate of drug-likeness (QED) is 0.745. The number of amides is 2. The lowest BCUT2D eigenvalue weighted by Gasteiger charge is -2.19. The first kappa shape index (κ1) is 19.5. The standard InChI is InChI=1S/C19H26N4O3/c1-19(2,3)26-18(25)21-11-4-10-20-17(24)14-15-6-8-16(9-7-15)23-13-5-12-22-23/h5-9,12-13H,4,10-11,14H2,1-3H3,(H,20,24)(H,21,25). The van der Waals surface area contributed by atoms with E-state index in [-0.39, 0.29) is 5.91 Å². The molecular formula is C19H26N4O3. The molecule has 2 rings (SSSR count). The van der Waals surface area contributed by atoms with Crippen molar-refractivity contribution < 1.29 is 14.3 Å². The van der Waals surface area contributed by atoms with Gasteiger partial charge in [0.2, 0.25) is 5.91 Å². The number of hydrogen-bond acceptors (Lipinski definition) is 4. The lowest BCUT2D eigenvalue weighted by atomic mass is 10.1. The van der Waals surface area contributed by atoms with Gasteiger partial charge in [0.25, 0.3) is 0 Å². The fraction of sp³-hybridized carbons (Fsp3) is 0.421. The zero-order chi connectivity index (χ0) is 19.0. The van der Waals surface area contributed by atoms with Crippen LogP contribution in [0.5, 0.6) is 0 Å². The van der Waals surface area contributed by atoms with E-state index in [9.17, 15) is 9.59 Å². The third-order valence-corrected chi connectivity index (χ3v) is 3.41. The Morgan fingerprint density at radius 1 is 1.12 bits per heavy atom. The summed E-state index contributed by atoms with van der Waals surface area (Å²) in [6.45, 7) is 6.39. The van der Waals surface area contributed by atoms with Crippen LogP contribution in [-0.2, 0) is 16.0 Å². The van der Waals surface area contributed by atoms with E-state index < -0.39 is 11.7 Å². The monoisotopic (exact) mass is 358 g/mol. The first-order chi connectivity index (χ1) is 12.3. The number of carbonyl (C=O) groups is 2. The van der Waals surface area contributed by atoms with Gasteiger partial charge in [-0.2, -0.15) is 5.10 Å². The van der Waals surface area contributed by atoms with E-state index in [1.54, 1.807) is 10.9 Å². The van der Waals surface area contributed by atoms with Crippen molar-refractivity contribution in [3.63, 3.8) is 0 Å². The van der Waals surface area contributed by atoms with E-state index in [0.29, 0.717) is 25.9 Å². The number of ether oxygens (including phenoxy) is 1. The number of carbonyl (C=O) groups excluding carboxylic acids is 2. The van der Waals surface area contributed by atoms with Crippen molar-refractivity contribution in [2.75, 3.05) is 13.1 Å². The summed E-state index contributed by atoms with van der Waals surface area (Å²) < 4.78 is 6.90. The van der Waals surface area contributed by atoms with E-state index in [1.807, 2.05) is 57.3 Å². The smallest absolute Gasteiger partial charge is 0.407 e. The molecule has 0 atom stereocenters. The minimum Gasteiger partial charge on any atom is -0.444 e. The minimum absolute atomic E-state index is 0.0471. The van der Waals surface area contributed by atoms with Crippen molar-refractivity contribution in [3.8, 4) is 5.69 Å². The van der Waals surface area contributed by atoms with Crippen molar-refractivity contribution >= 4 is 12.0 Å². The highest BCUT2D eigenvalue weighted by atomic mass is 16.6. The first-order valence-electron chi connectivity index (χ1n) is 8.66. The summed E-state index contributed by atoms with van der Waals surface area (Å²) in [5.74, 6) is -0.0471. The molecule has 2 amide bonds. The van der Waals surface area contributed by atoms with E-state index in [4.69, 9.17) is 4.74 Å². The molecule has 0 aliphatic carbocycles. The summed E-state index contributed by atoms with van der Waals surface area (Å²) in [7, 11) is 0. The van der Waals surface area contributed by atoms with E-state index >= 15 is 0 Å². The van der Waals surface area contributed by atoms with Gasteiger partial charge in [-0.05, 0) is 51.0 Å². The SMILES string of the molecule is CC(C)(C)OC(=O)NCCCNC(=O)Cc1ccc(-n2cccn2)cc1. The van der Waals surface area contributed by atoms with Crippen LogP contribution in [0, 0.1) is 0 Å². The van der Waals surface area contributed by atoms with Gasteiger partial charge in [-0.1, -0.05) is 12.1 Å². The summed E-state index contributed by atoms with van der Waals surface area (Å²) in [5.41, 5.74) is 1.38. The van der Waals surface area contributed by atoms with Gasteiger partial charge in [0.1, 0.15) is 5.60 Å². The molecule has 0 radical (unpaired) electrons. The van der Waals surface area contributed by atoms with Crippen LogP contribution < -0.4 is 10.6 Å². The lowest BCUT2D eigenvalue weighted by molar-refractivity contribution is -0.120. The van der Waals surface area contributed by atoms with Crippen LogP contribution in [0.15, 0.2) is 42.7 Å². The third-order valence-electron chi connectivity index (χ3n) is 3.41. The van der Waals surface area contributed by atoms with Crippen LogP contribution >= 0.6 is 0 Å². The Labute approximate surface area is 153 Å². The second-order valence-electron chi connectivity index (χ2n) is 6.93. The topological polar surface area (TPSA) is 85.3 Å².